The number of rotatable bonds is 4. The molecule has 0 fully saturated rings. The molecule has 0 heterocycles. The number of aryl methyl sites for hydroxylation is 2. The Labute approximate surface area is 111 Å². The Hall–Kier alpha value is -1.47. The van der Waals surface area contributed by atoms with E-state index in [0.717, 1.165) is 4.31 Å². The van der Waals surface area contributed by atoms with E-state index in [0.29, 0.717) is 0 Å². The summed E-state index contributed by atoms with van der Waals surface area (Å²) in [5.41, 5.74) is 0.407. The SMILES string of the molecule is Cc1cc(S(=O)(=O)N(C)C(C)C(=O)O)cc(C)c1F. The number of sulfonamides is 1. The molecule has 106 valence electrons. The van der Waals surface area contributed by atoms with Crippen molar-refractivity contribution in [1.29, 1.82) is 0 Å². The summed E-state index contributed by atoms with van der Waals surface area (Å²) in [5, 5.41) is 8.85. The molecule has 0 bridgehead atoms. The van der Waals surface area contributed by atoms with Crippen molar-refractivity contribution in [1.82, 2.24) is 4.31 Å². The number of carbonyl (C=O) groups is 1. The predicted octanol–water partition coefficient (Wildman–Crippen LogP) is 1.54. The molecule has 5 nitrogen and oxygen atoms in total. The fourth-order valence-electron chi connectivity index (χ4n) is 1.59. The van der Waals surface area contributed by atoms with E-state index in [4.69, 9.17) is 5.11 Å². The third-order valence-corrected chi connectivity index (χ3v) is 4.90. The Balaban J connectivity index is 3.32. The Morgan fingerprint density at radius 3 is 2.11 bits per heavy atom. The summed E-state index contributed by atoms with van der Waals surface area (Å²) in [6.07, 6.45) is 0. The van der Waals surface area contributed by atoms with Gasteiger partial charge < -0.3 is 5.11 Å². The predicted molar refractivity (Wildman–Crippen MR) is 67.9 cm³/mol. The lowest BCUT2D eigenvalue weighted by Gasteiger charge is -2.21. The molecular weight excluding hydrogens is 273 g/mol. The number of hydrogen-bond donors (Lipinski definition) is 1. The van der Waals surface area contributed by atoms with Gasteiger partial charge in [0, 0.05) is 7.05 Å². The second-order valence-electron chi connectivity index (χ2n) is 4.41. The van der Waals surface area contributed by atoms with E-state index in [1.165, 1.54) is 40.0 Å². The number of benzene rings is 1. The summed E-state index contributed by atoms with van der Waals surface area (Å²) in [7, 11) is -2.78. The van der Waals surface area contributed by atoms with Crippen molar-refractivity contribution in [2.24, 2.45) is 0 Å². The average Bonchev–Trinajstić information content (AvgIpc) is 2.33. The molecule has 1 unspecified atom stereocenters. The minimum atomic E-state index is -3.96. The van der Waals surface area contributed by atoms with E-state index in [2.05, 4.69) is 0 Å². The molecule has 1 N–H and O–H groups in total. The molecule has 1 rings (SSSR count). The third kappa shape index (κ3) is 2.93. The van der Waals surface area contributed by atoms with Crippen LogP contribution in [0.15, 0.2) is 17.0 Å². The van der Waals surface area contributed by atoms with Gasteiger partial charge in [-0.15, -0.1) is 0 Å². The molecule has 0 aromatic heterocycles. The number of likely N-dealkylation sites (N-methyl/N-ethyl adjacent to an activating group) is 1. The summed E-state index contributed by atoms with van der Waals surface area (Å²) in [5.74, 6) is -1.71. The number of carboxylic acids is 1. The van der Waals surface area contributed by atoms with E-state index in [1.807, 2.05) is 0 Å². The van der Waals surface area contributed by atoms with Crippen molar-refractivity contribution in [2.45, 2.75) is 31.7 Å². The number of halogens is 1. The Kier molecular flexibility index (Phi) is 4.32. The average molecular weight is 289 g/mol. The first-order valence-electron chi connectivity index (χ1n) is 5.56. The van der Waals surface area contributed by atoms with Gasteiger partial charge in [-0.1, -0.05) is 0 Å². The zero-order valence-electron chi connectivity index (χ0n) is 11.1. The lowest BCUT2D eigenvalue weighted by Crippen LogP contribution is -2.40. The van der Waals surface area contributed by atoms with Gasteiger partial charge in [-0.3, -0.25) is 4.79 Å². The third-order valence-electron chi connectivity index (χ3n) is 2.99. The summed E-state index contributed by atoms with van der Waals surface area (Å²) in [4.78, 5) is 10.7. The fourth-order valence-corrected chi connectivity index (χ4v) is 3.08. The largest absolute Gasteiger partial charge is 0.480 e. The Morgan fingerprint density at radius 2 is 1.74 bits per heavy atom. The number of nitrogens with zero attached hydrogens (tertiary/aromatic N) is 1. The van der Waals surface area contributed by atoms with E-state index in [-0.39, 0.29) is 16.0 Å². The molecule has 0 amide bonds. The van der Waals surface area contributed by atoms with Gasteiger partial charge in [0.1, 0.15) is 11.9 Å². The van der Waals surface area contributed by atoms with E-state index < -0.39 is 27.9 Å². The second kappa shape index (κ2) is 5.26. The van der Waals surface area contributed by atoms with Crippen LogP contribution in [0.25, 0.3) is 0 Å². The highest BCUT2D eigenvalue weighted by Crippen LogP contribution is 2.22. The lowest BCUT2D eigenvalue weighted by molar-refractivity contribution is -0.140. The quantitative estimate of drug-likeness (QED) is 0.912. The molecular formula is C12H16FNO4S. The van der Waals surface area contributed by atoms with Gasteiger partial charge in [-0.05, 0) is 44.0 Å². The minimum Gasteiger partial charge on any atom is -0.480 e. The normalized spacial score (nSPS) is 13.6. The molecule has 1 aromatic carbocycles. The molecule has 0 aliphatic rings. The van der Waals surface area contributed by atoms with Crippen LogP contribution in [0.1, 0.15) is 18.1 Å². The topological polar surface area (TPSA) is 74.7 Å². The van der Waals surface area contributed by atoms with Crippen LogP contribution >= 0.6 is 0 Å². The molecule has 0 aliphatic heterocycles. The van der Waals surface area contributed by atoms with Crippen molar-refractivity contribution in [3.05, 3.63) is 29.1 Å². The monoisotopic (exact) mass is 289 g/mol. The van der Waals surface area contributed by atoms with Crippen molar-refractivity contribution in [2.75, 3.05) is 7.05 Å². The summed E-state index contributed by atoms with van der Waals surface area (Å²) in [6.45, 7) is 4.19. The van der Waals surface area contributed by atoms with Crippen molar-refractivity contribution in [3.8, 4) is 0 Å². The zero-order valence-corrected chi connectivity index (χ0v) is 12.0. The van der Waals surface area contributed by atoms with Crippen LogP contribution < -0.4 is 0 Å². The van der Waals surface area contributed by atoms with Gasteiger partial charge in [0.2, 0.25) is 10.0 Å². The van der Waals surface area contributed by atoms with Gasteiger partial charge >= 0.3 is 5.97 Å². The highest BCUT2D eigenvalue weighted by Gasteiger charge is 2.30. The summed E-state index contributed by atoms with van der Waals surface area (Å²) >= 11 is 0. The maximum Gasteiger partial charge on any atom is 0.321 e. The molecule has 1 atom stereocenters. The lowest BCUT2D eigenvalue weighted by atomic mass is 10.1. The standard InChI is InChI=1S/C12H16FNO4S/c1-7-5-10(6-8(2)11(7)13)19(17,18)14(4)9(3)12(15)16/h5-6,9H,1-4H3,(H,15,16). The van der Waals surface area contributed by atoms with Crippen molar-refractivity contribution >= 4 is 16.0 Å². The maximum atomic E-state index is 13.5. The smallest absolute Gasteiger partial charge is 0.321 e. The second-order valence-corrected chi connectivity index (χ2v) is 6.40. The molecule has 7 heteroatoms. The van der Waals surface area contributed by atoms with Crippen LogP contribution in [0, 0.1) is 19.7 Å². The van der Waals surface area contributed by atoms with E-state index in [9.17, 15) is 17.6 Å². The van der Waals surface area contributed by atoms with Gasteiger partial charge in [0.25, 0.3) is 0 Å². The number of carboxylic acid groups (broad SMARTS) is 1. The van der Waals surface area contributed by atoms with Crippen LogP contribution in [0.3, 0.4) is 0 Å². The van der Waals surface area contributed by atoms with Gasteiger partial charge in [-0.2, -0.15) is 4.31 Å². The molecule has 0 spiro atoms. The van der Waals surface area contributed by atoms with Gasteiger partial charge in [-0.25, -0.2) is 12.8 Å². The first-order chi connectivity index (χ1) is 8.59. The summed E-state index contributed by atoms with van der Waals surface area (Å²) < 4.78 is 38.7. The molecule has 19 heavy (non-hydrogen) atoms. The van der Waals surface area contributed by atoms with Crippen molar-refractivity contribution < 1.29 is 22.7 Å². The van der Waals surface area contributed by atoms with Gasteiger partial charge in [0.05, 0.1) is 4.90 Å². The van der Waals surface area contributed by atoms with Crippen LogP contribution in [0.5, 0.6) is 0 Å². The molecule has 0 aliphatic carbocycles. The Bertz CT molecular complexity index is 589. The molecule has 1 aromatic rings. The first kappa shape index (κ1) is 15.6. The van der Waals surface area contributed by atoms with E-state index in [1.54, 1.807) is 0 Å². The highest BCUT2D eigenvalue weighted by molar-refractivity contribution is 7.89. The van der Waals surface area contributed by atoms with Crippen molar-refractivity contribution in [3.63, 3.8) is 0 Å². The summed E-state index contributed by atoms with van der Waals surface area (Å²) in [6, 6.07) is 1.20. The number of aliphatic carboxylic acids is 1. The van der Waals surface area contributed by atoms with Crippen LogP contribution in [-0.4, -0.2) is 36.9 Å². The highest BCUT2D eigenvalue weighted by atomic mass is 32.2. The van der Waals surface area contributed by atoms with Crippen LogP contribution in [-0.2, 0) is 14.8 Å². The van der Waals surface area contributed by atoms with Crippen LogP contribution in [0.2, 0.25) is 0 Å². The fraction of sp³-hybridized carbons (Fsp3) is 0.417. The first-order valence-corrected chi connectivity index (χ1v) is 7.00. The molecule has 0 saturated heterocycles. The zero-order chi connectivity index (χ0) is 15.0. The molecule has 0 radical (unpaired) electrons. The number of hydrogen-bond acceptors (Lipinski definition) is 3. The maximum absolute atomic E-state index is 13.5. The minimum absolute atomic E-state index is 0.112. The van der Waals surface area contributed by atoms with Gasteiger partial charge in [0.15, 0.2) is 0 Å². The Morgan fingerprint density at radius 1 is 1.32 bits per heavy atom. The van der Waals surface area contributed by atoms with Crippen LogP contribution in [0.4, 0.5) is 4.39 Å². The van der Waals surface area contributed by atoms with E-state index >= 15 is 0 Å². The molecule has 0 saturated carbocycles.